The molecule has 2 aromatic rings. The Balaban J connectivity index is 2.32. The van der Waals surface area contributed by atoms with Gasteiger partial charge in [0.2, 0.25) is 5.88 Å². The zero-order valence-electron chi connectivity index (χ0n) is 11.6. The molecular weight excluding hydrogens is 260 g/mol. The van der Waals surface area contributed by atoms with E-state index in [9.17, 15) is 14.7 Å². The van der Waals surface area contributed by atoms with Crippen LogP contribution in [0.3, 0.4) is 0 Å². The summed E-state index contributed by atoms with van der Waals surface area (Å²) in [5.74, 6) is -0.234. The van der Waals surface area contributed by atoms with Crippen LogP contribution in [0.4, 0.5) is 0 Å². The highest BCUT2D eigenvalue weighted by Crippen LogP contribution is 2.12. The maximum absolute atomic E-state index is 11.8. The molecule has 2 N–H and O–H groups in total. The standard InChI is InChI=1S/C13H18N4O3/c1-3-4-10-11(18)15-13(20)17(12(10)19)8-6-9-5-7-14-16(9)2/h5,7,19H,3-4,6,8H2,1-2H3,(H,15,18,20). The van der Waals surface area contributed by atoms with E-state index in [0.717, 1.165) is 12.1 Å². The van der Waals surface area contributed by atoms with Crippen molar-refractivity contribution in [2.24, 2.45) is 7.05 Å². The van der Waals surface area contributed by atoms with Gasteiger partial charge in [-0.3, -0.25) is 19.0 Å². The normalized spacial score (nSPS) is 10.9. The number of hydrogen-bond donors (Lipinski definition) is 2. The van der Waals surface area contributed by atoms with E-state index in [-0.39, 0.29) is 18.0 Å². The first-order chi connectivity index (χ1) is 9.54. The molecular formula is C13H18N4O3. The second-order valence-corrected chi connectivity index (χ2v) is 4.66. The number of aromatic nitrogens is 4. The van der Waals surface area contributed by atoms with Crippen molar-refractivity contribution in [1.29, 1.82) is 0 Å². The average molecular weight is 278 g/mol. The second-order valence-electron chi connectivity index (χ2n) is 4.66. The third-order valence-electron chi connectivity index (χ3n) is 3.28. The number of rotatable bonds is 5. The lowest BCUT2D eigenvalue weighted by molar-refractivity contribution is 0.391. The molecule has 0 saturated carbocycles. The smallest absolute Gasteiger partial charge is 0.331 e. The van der Waals surface area contributed by atoms with Gasteiger partial charge in [0.25, 0.3) is 5.56 Å². The fraction of sp³-hybridized carbons (Fsp3) is 0.462. The lowest BCUT2D eigenvalue weighted by Gasteiger charge is -2.11. The van der Waals surface area contributed by atoms with Gasteiger partial charge in [0, 0.05) is 31.9 Å². The molecule has 0 bridgehead atoms. The molecule has 0 spiro atoms. The second kappa shape index (κ2) is 5.77. The minimum atomic E-state index is -0.588. The summed E-state index contributed by atoms with van der Waals surface area (Å²) in [6.45, 7) is 2.20. The Morgan fingerprint density at radius 1 is 1.35 bits per heavy atom. The van der Waals surface area contributed by atoms with Gasteiger partial charge >= 0.3 is 5.69 Å². The summed E-state index contributed by atoms with van der Waals surface area (Å²) in [4.78, 5) is 25.7. The number of nitrogens with one attached hydrogen (secondary N) is 1. The molecule has 20 heavy (non-hydrogen) atoms. The van der Waals surface area contributed by atoms with Gasteiger partial charge in [0.05, 0.1) is 5.56 Å². The van der Waals surface area contributed by atoms with Crippen LogP contribution in [-0.4, -0.2) is 24.4 Å². The van der Waals surface area contributed by atoms with Crippen molar-refractivity contribution in [2.75, 3.05) is 0 Å². The quantitative estimate of drug-likeness (QED) is 0.815. The summed E-state index contributed by atoms with van der Waals surface area (Å²) in [6, 6.07) is 1.85. The Hall–Kier alpha value is -2.31. The zero-order chi connectivity index (χ0) is 14.7. The van der Waals surface area contributed by atoms with E-state index in [2.05, 4.69) is 10.1 Å². The van der Waals surface area contributed by atoms with Crippen molar-refractivity contribution >= 4 is 0 Å². The van der Waals surface area contributed by atoms with Crippen LogP contribution in [0.1, 0.15) is 24.6 Å². The van der Waals surface area contributed by atoms with Gasteiger partial charge in [-0.1, -0.05) is 13.3 Å². The molecule has 0 atom stereocenters. The molecule has 108 valence electrons. The Morgan fingerprint density at radius 3 is 2.70 bits per heavy atom. The fourth-order valence-electron chi connectivity index (χ4n) is 2.16. The summed E-state index contributed by atoms with van der Waals surface area (Å²) >= 11 is 0. The highest BCUT2D eigenvalue weighted by atomic mass is 16.3. The first-order valence-electron chi connectivity index (χ1n) is 6.56. The molecule has 0 amide bonds. The zero-order valence-corrected chi connectivity index (χ0v) is 11.6. The van der Waals surface area contributed by atoms with Crippen molar-refractivity contribution < 1.29 is 5.11 Å². The van der Waals surface area contributed by atoms with E-state index in [1.807, 2.05) is 20.0 Å². The van der Waals surface area contributed by atoms with Crippen LogP contribution in [0.5, 0.6) is 5.88 Å². The number of aromatic amines is 1. The topological polar surface area (TPSA) is 92.9 Å². The van der Waals surface area contributed by atoms with E-state index in [1.54, 1.807) is 10.9 Å². The van der Waals surface area contributed by atoms with E-state index in [0.29, 0.717) is 12.8 Å². The van der Waals surface area contributed by atoms with Gasteiger partial charge in [-0.2, -0.15) is 5.10 Å². The molecule has 7 nitrogen and oxygen atoms in total. The molecule has 0 aliphatic heterocycles. The predicted octanol–water partition coefficient (Wildman–Crippen LogP) is 0.171. The minimum absolute atomic E-state index is 0.234. The largest absolute Gasteiger partial charge is 0.494 e. The van der Waals surface area contributed by atoms with E-state index in [4.69, 9.17) is 0 Å². The van der Waals surface area contributed by atoms with Crippen molar-refractivity contribution in [3.8, 4) is 5.88 Å². The molecule has 0 aliphatic rings. The summed E-state index contributed by atoms with van der Waals surface area (Å²) in [5.41, 5.74) is 0.109. The van der Waals surface area contributed by atoms with Crippen LogP contribution in [0, 0.1) is 0 Å². The SMILES string of the molecule is CCCc1c(O)n(CCc2ccnn2C)c(=O)[nH]c1=O. The molecule has 0 radical (unpaired) electrons. The van der Waals surface area contributed by atoms with Crippen LogP contribution in [-0.2, 0) is 26.4 Å². The van der Waals surface area contributed by atoms with Crippen LogP contribution >= 0.6 is 0 Å². The molecule has 0 fully saturated rings. The predicted molar refractivity (Wildman–Crippen MR) is 73.9 cm³/mol. The number of aromatic hydroxyl groups is 1. The van der Waals surface area contributed by atoms with E-state index < -0.39 is 11.2 Å². The first kappa shape index (κ1) is 14.1. The van der Waals surface area contributed by atoms with Crippen molar-refractivity contribution in [2.45, 2.75) is 32.7 Å². The Morgan fingerprint density at radius 2 is 2.10 bits per heavy atom. The number of nitrogens with zero attached hydrogens (tertiary/aromatic N) is 3. The average Bonchev–Trinajstić information content (AvgIpc) is 2.80. The van der Waals surface area contributed by atoms with Gasteiger partial charge in [0.1, 0.15) is 0 Å². The number of aryl methyl sites for hydroxylation is 2. The third kappa shape index (κ3) is 2.66. The highest BCUT2D eigenvalue weighted by molar-refractivity contribution is 5.22. The van der Waals surface area contributed by atoms with Gasteiger partial charge in [0.15, 0.2) is 0 Å². The van der Waals surface area contributed by atoms with Crippen molar-refractivity contribution in [1.82, 2.24) is 19.3 Å². The monoisotopic (exact) mass is 278 g/mol. The Bertz CT molecular complexity index is 711. The summed E-state index contributed by atoms with van der Waals surface area (Å²) in [7, 11) is 1.81. The Labute approximate surface area is 115 Å². The molecule has 7 heteroatoms. The first-order valence-corrected chi connectivity index (χ1v) is 6.56. The molecule has 0 unspecified atom stereocenters. The summed E-state index contributed by atoms with van der Waals surface area (Å²) < 4.78 is 2.90. The van der Waals surface area contributed by atoms with Crippen LogP contribution in [0.15, 0.2) is 21.9 Å². The lowest BCUT2D eigenvalue weighted by atomic mass is 10.2. The van der Waals surface area contributed by atoms with Crippen LogP contribution < -0.4 is 11.2 Å². The fourth-order valence-corrected chi connectivity index (χ4v) is 2.16. The maximum atomic E-state index is 11.8. The molecule has 0 saturated heterocycles. The molecule has 2 heterocycles. The lowest BCUT2D eigenvalue weighted by Crippen LogP contribution is -2.32. The van der Waals surface area contributed by atoms with E-state index in [1.165, 1.54) is 4.57 Å². The van der Waals surface area contributed by atoms with Crippen molar-refractivity contribution in [3.63, 3.8) is 0 Å². The van der Waals surface area contributed by atoms with Gasteiger partial charge in [-0.05, 0) is 12.5 Å². The summed E-state index contributed by atoms with van der Waals surface area (Å²) in [6.07, 6.45) is 3.37. The number of H-pyrrole nitrogens is 1. The van der Waals surface area contributed by atoms with Crippen molar-refractivity contribution in [3.05, 3.63) is 44.4 Å². The molecule has 0 aliphatic carbocycles. The van der Waals surface area contributed by atoms with Crippen LogP contribution in [0.2, 0.25) is 0 Å². The number of hydrogen-bond acceptors (Lipinski definition) is 4. The molecule has 2 rings (SSSR count). The van der Waals surface area contributed by atoms with Crippen LogP contribution in [0.25, 0.3) is 0 Å². The van der Waals surface area contributed by atoms with Gasteiger partial charge < -0.3 is 5.11 Å². The van der Waals surface area contributed by atoms with E-state index >= 15 is 0 Å². The summed E-state index contributed by atoms with van der Waals surface area (Å²) in [5, 5.41) is 14.1. The Kier molecular flexibility index (Phi) is 4.07. The van der Waals surface area contributed by atoms with Gasteiger partial charge in [-0.15, -0.1) is 0 Å². The minimum Gasteiger partial charge on any atom is -0.494 e. The van der Waals surface area contributed by atoms with Gasteiger partial charge in [-0.25, -0.2) is 4.79 Å². The maximum Gasteiger partial charge on any atom is 0.331 e. The third-order valence-corrected chi connectivity index (χ3v) is 3.28. The highest BCUT2D eigenvalue weighted by Gasteiger charge is 2.13. The molecule has 2 aromatic heterocycles. The molecule has 0 aromatic carbocycles.